The second-order valence-corrected chi connectivity index (χ2v) is 5.16. The Balaban J connectivity index is 2.14. The van der Waals surface area contributed by atoms with Crippen molar-refractivity contribution < 1.29 is 9.53 Å². The van der Waals surface area contributed by atoms with Gasteiger partial charge in [-0.15, -0.1) is 0 Å². The molecule has 1 fully saturated rings. The van der Waals surface area contributed by atoms with Crippen molar-refractivity contribution in [3.8, 4) is 0 Å². The maximum Gasteiger partial charge on any atom is 0.144 e. The molecule has 0 spiro atoms. The predicted molar refractivity (Wildman–Crippen MR) is 68.0 cm³/mol. The third kappa shape index (κ3) is 2.60. The van der Waals surface area contributed by atoms with Gasteiger partial charge in [0.25, 0.3) is 0 Å². The molecule has 17 heavy (non-hydrogen) atoms. The van der Waals surface area contributed by atoms with Gasteiger partial charge in [-0.3, -0.25) is 9.48 Å². The average molecular weight is 301 g/mol. The SMILES string of the molecule is CCn1nc(C)c(Br)c1CC(=O)C1CCOC1. The molecule has 0 aliphatic carbocycles. The van der Waals surface area contributed by atoms with Gasteiger partial charge in [-0.1, -0.05) is 0 Å². The van der Waals surface area contributed by atoms with E-state index in [1.165, 1.54) is 0 Å². The Hall–Kier alpha value is -0.680. The molecule has 0 saturated carbocycles. The minimum atomic E-state index is 0.0717. The van der Waals surface area contributed by atoms with E-state index >= 15 is 0 Å². The normalized spacial score (nSPS) is 19.8. The van der Waals surface area contributed by atoms with Crippen molar-refractivity contribution in [3.63, 3.8) is 0 Å². The van der Waals surface area contributed by atoms with Gasteiger partial charge in [-0.25, -0.2) is 0 Å². The molecule has 1 unspecified atom stereocenters. The van der Waals surface area contributed by atoms with Crippen LogP contribution in [-0.2, 0) is 22.5 Å². The van der Waals surface area contributed by atoms with Gasteiger partial charge in [-0.2, -0.15) is 5.10 Å². The lowest BCUT2D eigenvalue weighted by atomic mass is 9.99. The van der Waals surface area contributed by atoms with E-state index in [1.54, 1.807) is 0 Å². The number of Topliss-reactive ketones (excluding diaryl/α,β-unsaturated/α-hetero) is 1. The minimum absolute atomic E-state index is 0.0717. The summed E-state index contributed by atoms with van der Waals surface area (Å²) >= 11 is 3.51. The number of carbonyl (C=O) groups is 1. The number of ether oxygens (including phenoxy) is 1. The Morgan fingerprint density at radius 3 is 3.00 bits per heavy atom. The number of halogens is 1. The van der Waals surface area contributed by atoms with Crippen LogP contribution in [-0.4, -0.2) is 28.8 Å². The number of hydrogen-bond donors (Lipinski definition) is 0. The van der Waals surface area contributed by atoms with Crippen molar-refractivity contribution in [1.82, 2.24) is 9.78 Å². The molecular weight excluding hydrogens is 284 g/mol. The van der Waals surface area contributed by atoms with E-state index in [0.717, 1.165) is 28.8 Å². The molecule has 0 radical (unpaired) electrons. The lowest BCUT2D eigenvalue weighted by molar-refractivity contribution is -0.122. The van der Waals surface area contributed by atoms with E-state index in [0.29, 0.717) is 19.6 Å². The van der Waals surface area contributed by atoms with Crippen molar-refractivity contribution >= 4 is 21.7 Å². The van der Waals surface area contributed by atoms with E-state index < -0.39 is 0 Å². The fourth-order valence-corrected chi connectivity index (χ4v) is 2.56. The van der Waals surface area contributed by atoms with Crippen LogP contribution in [0.4, 0.5) is 0 Å². The third-order valence-corrected chi connectivity index (χ3v) is 4.21. The Morgan fingerprint density at radius 1 is 1.65 bits per heavy atom. The molecule has 94 valence electrons. The van der Waals surface area contributed by atoms with Crippen LogP contribution in [0.5, 0.6) is 0 Å². The Labute approximate surface area is 109 Å². The maximum atomic E-state index is 12.1. The molecule has 2 rings (SSSR count). The Bertz CT molecular complexity index is 422. The minimum Gasteiger partial charge on any atom is -0.381 e. The number of carbonyl (C=O) groups excluding carboxylic acids is 1. The van der Waals surface area contributed by atoms with Gasteiger partial charge in [0, 0.05) is 25.5 Å². The van der Waals surface area contributed by atoms with Crippen LogP contribution in [0.1, 0.15) is 24.7 Å². The van der Waals surface area contributed by atoms with Crippen LogP contribution in [0.25, 0.3) is 0 Å². The summed E-state index contributed by atoms with van der Waals surface area (Å²) in [4.78, 5) is 12.1. The summed E-state index contributed by atoms with van der Waals surface area (Å²) in [5, 5.41) is 4.39. The van der Waals surface area contributed by atoms with Gasteiger partial charge in [0.1, 0.15) is 5.78 Å². The molecule has 5 heteroatoms. The summed E-state index contributed by atoms with van der Waals surface area (Å²) in [6.45, 7) is 6.06. The summed E-state index contributed by atoms with van der Waals surface area (Å²) in [5.74, 6) is 0.334. The molecule has 1 atom stereocenters. The molecule has 0 bridgehead atoms. The highest BCUT2D eigenvalue weighted by Crippen LogP contribution is 2.24. The molecule has 1 aromatic rings. The second kappa shape index (κ2) is 5.31. The quantitative estimate of drug-likeness (QED) is 0.855. The van der Waals surface area contributed by atoms with Crippen molar-refractivity contribution in [3.05, 3.63) is 15.9 Å². The first-order valence-electron chi connectivity index (χ1n) is 5.95. The zero-order valence-corrected chi connectivity index (χ0v) is 11.8. The molecule has 1 aromatic heterocycles. The predicted octanol–water partition coefficient (Wildman–Crippen LogP) is 2.12. The van der Waals surface area contributed by atoms with E-state index in [-0.39, 0.29) is 11.7 Å². The number of ketones is 1. The molecule has 0 N–H and O–H groups in total. The van der Waals surface area contributed by atoms with Crippen LogP contribution in [0.2, 0.25) is 0 Å². The van der Waals surface area contributed by atoms with Crippen molar-refractivity contribution in [2.24, 2.45) is 5.92 Å². The van der Waals surface area contributed by atoms with Gasteiger partial charge < -0.3 is 4.74 Å². The molecule has 1 aliphatic rings. The number of aryl methyl sites for hydroxylation is 2. The standard InChI is InChI=1S/C12H17BrN2O2/c1-3-15-10(12(13)8(2)14-15)6-11(16)9-4-5-17-7-9/h9H,3-7H2,1-2H3. The first-order chi connectivity index (χ1) is 8.13. The van der Waals surface area contributed by atoms with Gasteiger partial charge in [0.05, 0.1) is 22.5 Å². The lowest BCUT2D eigenvalue weighted by Crippen LogP contribution is -2.19. The lowest BCUT2D eigenvalue weighted by Gasteiger charge is -2.08. The molecule has 1 aliphatic heterocycles. The summed E-state index contributed by atoms with van der Waals surface area (Å²) in [6.07, 6.45) is 1.30. The molecule has 1 saturated heterocycles. The van der Waals surface area contributed by atoms with Gasteiger partial charge in [-0.05, 0) is 36.2 Å². The Morgan fingerprint density at radius 2 is 2.41 bits per heavy atom. The van der Waals surface area contributed by atoms with Crippen LogP contribution in [0.3, 0.4) is 0 Å². The summed E-state index contributed by atoms with van der Waals surface area (Å²) in [6, 6.07) is 0. The maximum absolute atomic E-state index is 12.1. The van der Waals surface area contributed by atoms with E-state index in [1.807, 2.05) is 18.5 Å². The first kappa shape index (κ1) is 12.8. The van der Waals surface area contributed by atoms with Crippen molar-refractivity contribution in [1.29, 1.82) is 0 Å². The van der Waals surface area contributed by atoms with Crippen LogP contribution >= 0.6 is 15.9 Å². The largest absolute Gasteiger partial charge is 0.381 e. The van der Waals surface area contributed by atoms with Crippen LogP contribution < -0.4 is 0 Å². The number of nitrogens with zero attached hydrogens (tertiary/aromatic N) is 2. The van der Waals surface area contributed by atoms with Gasteiger partial charge in [0.15, 0.2) is 0 Å². The highest BCUT2D eigenvalue weighted by Gasteiger charge is 2.25. The smallest absolute Gasteiger partial charge is 0.144 e. The molecule has 0 aromatic carbocycles. The van der Waals surface area contributed by atoms with Gasteiger partial charge >= 0.3 is 0 Å². The van der Waals surface area contributed by atoms with E-state index in [4.69, 9.17) is 4.74 Å². The van der Waals surface area contributed by atoms with Gasteiger partial charge in [0.2, 0.25) is 0 Å². The first-order valence-corrected chi connectivity index (χ1v) is 6.75. The average Bonchev–Trinajstić information content (AvgIpc) is 2.92. The zero-order valence-electron chi connectivity index (χ0n) is 10.2. The summed E-state index contributed by atoms with van der Waals surface area (Å²) in [5.41, 5.74) is 1.93. The molecule has 0 amide bonds. The monoisotopic (exact) mass is 300 g/mol. The Kier molecular flexibility index (Phi) is 3.99. The van der Waals surface area contributed by atoms with E-state index in [9.17, 15) is 4.79 Å². The number of hydrogen-bond acceptors (Lipinski definition) is 3. The topological polar surface area (TPSA) is 44.1 Å². The molecular formula is C12H17BrN2O2. The van der Waals surface area contributed by atoms with Crippen molar-refractivity contribution in [2.75, 3.05) is 13.2 Å². The van der Waals surface area contributed by atoms with Crippen LogP contribution in [0.15, 0.2) is 4.47 Å². The second-order valence-electron chi connectivity index (χ2n) is 4.37. The fourth-order valence-electron chi connectivity index (χ4n) is 2.14. The highest BCUT2D eigenvalue weighted by atomic mass is 79.9. The number of rotatable bonds is 4. The van der Waals surface area contributed by atoms with E-state index in [2.05, 4.69) is 21.0 Å². The number of aromatic nitrogens is 2. The fraction of sp³-hybridized carbons (Fsp3) is 0.667. The molecule has 2 heterocycles. The van der Waals surface area contributed by atoms with Crippen molar-refractivity contribution in [2.45, 2.75) is 33.2 Å². The highest BCUT2D eigenvalue weighted by molar-refractivity contribution is 9.10. The third-order valence-electron chi connectivity index (χ3n) is 3.18. The molecule has 4 nitrogen and oxygen atoms in total. The van der Waals surface area contributed by atoms with Crippen LogP contribution in [0, 0.1) is 12.8 Å². The zero-order chi connectivity index (χ0) is 12.4. The summed E-state index contributed by atoms with van der Waals surface area (Å²) < 4.78 is 8.11. The summed E-state index contributed by atoms with van der Waals surface area (Å²) in [7, 11) is 0.